The van der Waals surface area contributed by atoms with E-state index in [1.165, 1.54) is 16.8 Å². The maximum Gasteiger partial charge on any atom is 0.107 e. The van der Waals surface area contributed by atoms with E-state index < -0.39 is 0 Å². The predicted octanol–water partition coefficient (Wildman–Crippen LogP) is 2.38. The molecule has 0 fully saturated rings. The molecule has 1 nitrogen and oxygen atoms in total. The van der Waals surface area contributed by atoms with Crippen LogP contribution in [-0.4, -0.2) is 11.2 Å². The molecule has 0 bridgehead atoms. The first kappa shape index (κ1) is 8.31. The van der Waals surface area contributed by atoms with Gasteiger partial charge in [0.05, 0.1) is 6.54 Å². The molecule has 0 aliphatic rings. The van der Waals surface area contributed by atoms with Gasteiger partial charge >= 0.3 is 0 Å². The lowest BCUT2D eigenvalue weighted by atomic mass is 10.2. The van der Waals surface area contributed by atoms with Gasteiger partial charge in [0.1, 0.15) is 6.67 Å². The molecule has 1 aromatic rings. The van der Waals surface area contributed by atoms with E-state index >= 15 is 0 Å². The fourth-order valence-corrected chi connectivity index (χ4v) is 1.25. The molecule has 1 heterocycles. The molecule has 0 spiro atoms. The summed E-state index contributed by atoms with van der Waals surface area (Å²) < 4.78 is 13.9. The van der Waals surface area contributed by atoms with Crippen molar-refractivity contribution in [2.24, 2.45) is 0 Å². The summed E-state index contributed by atoms with van der Waals surface area (Å²) in [4.78, 5) is 0. The number of rotatable bonds is 2. The van der Waals surface area contributed by atoms with Crippen molar-refractivity contribution in [3.8, 4) is 0 Å². The van der Waals surface area contributed by atoms with Crippen molar-refractivity contribution in [2.75, 3.05) is 6.67 Å². The van der Waals surface area contributed by atoms with Gasteiger partial charge in [-0.05, 0) is 31.9 Å². The van der Waals surface area contributed by atoms with Crippen LogP contribution >= 0.6 is 0 Å². The van der Waals surface area contributed by atoms with E-state index in [1.807, 2.05) is 17.7 Å². The van der Waals surface area contributed by atoms with Gasteiger partial charge in [0.25, 0.3) is 0 Å². The Kier molecular flexibility index (Phi) is 2.32. The minimum Gasteiger partial charge on any atom is -0.349 e. The van der Waals surface area contributed by atoms with Crippen LogP contribution in [0.1, 0.15) is 16.8 Å². The van der Waals surface area contributed by atoms with Crippen molar-refractivity contribution in [1.82, 2.24) is 4.57 Å². The zero-order valence-corrected chi connectivity index (χ0v) is 7.32. The highest BCUT2D eigenvalue weighted by atomic mass is 19.1. The van der Waals surface area contributed by atoms with Gasteiger partial charge in [-0.3, -0.25) is 0 Å². The second kappa shape index (κ2) is 3.07. The molecule has 0 N–H and O–H groups in total. The van der Waals surface area contributed by atoms with Crippen molar-refractivity contribution in [3.63, 3.8) is 0 Å². The summed E-state index contributed by atoms with van der Waals surface area (Å²) in [5.41, 5.74) is 3.70. The molecule has 1 rings (SSSR count). The highest BCUT2D eigenvalue weighted by Crippen LogP contribution is 2.13. The van der Waals surface area contributed by atoms with Gasteiger partial charge in [0.2, 0.25) is 0 Å². The smallest absolute Gasteiger partial charge is 0.107 e. The number of aryl methyl sites for hydroxylation is 2. The quantitative estimate of drug-likeness (QED) is 0.618. The Morgan fingerprint density at radius 2 is 2.00 bits per heavy atom. The van der Waals surface area contributed by atoms with Crippen molar-refractivity contribution in [2.45, 2.75) is 27.3 Å². The van der Waals surface area contributed by atoms with Crippen LogP contribution in [0.2, 0.25) is 0 Å². The lowest BCUT2D eigenvalue weighted by Crippen LogP contribution is -1.99. The van der Waals surface area contributed by atoms with Gasteiger partial charge in [-0.2, -0.15) is 0 Å². The minimum absolute atomic E-state index is 0.283. The average molecular weight is 155 g/mol. The van der Waals surface area contributed by atoms with E-state index in [-0.39, 0.29) is 6.67 Å². The third-order valence-corrected chi connectivity index (χ3v) is 2.24. The first-order chi connectivity index (χ1) is 5.16. The minimum atomic E-state index is -0.283. The van der Waals surface area contributed by atoms with Gasteiger partial charge in [-0.1, -0.05) is 0 Å². The van der Waals surface area contributed by atoms with Crippen LogP contribution in [0.3, 0.4) is 0 Å². The van der Waals surface area contributed by atoms with Crippen molar-refractivity contribution in [3.05, 3.63) is 23.0 Å². The SMILES string of the molecule is Cc1cn(CCF)c(C)c1C. The van der Waals surface area contributed by atoms with Crippen LogP contribution in [0.4, 0.5) is 4.39 Å². The normalized spacial score (nSPS) is 10.5. The van der Waals surface area contributed by atoms with Crippen molar-refractivity contribution < 1.29 is 4.39 Å². The molecule has 62 valence electrons. The van der Waals surface area contributed by atoms with Gasteiger partial charge in [0.15, 0.2) is 0 Å². The Balaban J connectivity index is 2.98. The summed E-state index contributed by atoms with van der Waals surface area (Å²) >= 11 is 0. The van der Waals surface area contributed by atoms with Gasteiger partial charge in [-0.15, -0.1) is 0 Å². The highest BCUT2D eigenvalue weighted by Gasteiger charge is 2.03. The molecular formula is C9H14FN. The Labute approximate surface area is 66.8 Å². The van der Waals surface area contributed by atoms with Gasteiger partial charge < -0.3 is 4.57 Å². The zero-order chi connectivity index (χ0) is 8.43. The monoisotopic (exact) mass is 155 g/mol. The summed E-state index contributed by atoms with van der Waals surface area (Å²) in [6.45, 7) is 6.35. The zero-order valence-electron chi connectivity index (χ0n) is 7.32. The van der Waals surface area contributed by atoms with Crippen LogP contribution in [0.5, 0.6) is 0 Å². The molecule has 11 heavy (non-hydrogen) atoms. The van der Waals surface area contributed by atoms with Crippen molar-refractivity contribution >= 4 is 0 Å². The summed E-state index contributed by atoms with van der Waals surface area (Å²) in [5.74, 6) is 0. The summed E-state index contributed by atoms with van der Waals surface area (Å²) in [6.07, 6.45) is 2.00. The van der Waals surface area contributed by atoms with E-state index in [2.05, 4.69) is 13.8 Å². The van der Waals surface area contributed by atoms with E-state index in [0.717, 1.165) is 0 Å². The predicted molar refractivity (Wildman–Crippen MR) is 44.6 cm³/mol. The summed E-state index contributed by atoms with van der Waals surface area (Å²) in [5, 5.41) is 0. The fraction of sp³-hybridized carbons (Fsp3) is 0.556. The number of nitrogens with zero attached hydrogens (tertiary/aromatic N) is 1. The van der Waals surface area contributed by atoms with Gasteiger partial charge in [0, 0.05) is 11.9 Å². The molecule has 0 unspecified atom stereocenters. The van der Waals surface area contributed by atoms with Crippen LogP contribution in [0, 0.1) is 20.8 Å². The molecule has 0 aromatic carbocycles. The van der Waals surface area contributed by atoms with E-state index in [4.69, 9.17) is 0 Å². The summed E-state index contributed by atoms with van der Waals surface area (Å²) in [7, 11) is 0. The second-order valence-electron chi connectivity index (χ2n) is 2.90. The maximum atomic E-state index is 12.0. The number of alkyl halides is 1. The van der Waals surface area contributed by atoms with E-state index in [0.29, 0.717) is 6.54 Å². The highest BCUT2D eigenvalue weighted by molar-refractivity contribution is 5.28. The Morgan fingerprint density at radius 1 is 1.36 bits per heavy atom. The molecule has 1 aromatic heterocycles. The molecule has 0 amide bonds. The third kappa shape index (κ3) is 1.44. The molecule has 0 saturated heterocycles. The first-order valence-corrected chi connectivity index (χ1v) is 3.85. The number of halogens is 1. The Morgan fingerprint density at radius 3 is 2.36 bits per heavy atom. The van der Waals surface area contributed by atoms with Crippen LogP contribution in [0.25, 0.3) is 0 Å². The maximum absolute atomic E-state index is 12.0. The standard InChI is InChI=1S/C9H14FN/c1-7-6-11(5-4-10)9(3)8(7)2/h6H,4-5H2,1-3H3. The fourth-order valence-electron chi connectivity index (χ4n) is 1.25. The molecule has 0 aliphatic heterocycles. The molecule has 2 heteroatoms. The second-order valence-corrected chi connectivity index (χ2v) is 2.90. The number of hydrogen-bond donors (Lipinski definition) is 0. The van der Waals surface area contributed by atoms with Crippen LogP contribution in [0.15, 0.2) is 6.20 Å². The Bertz CT molecular complexity index is 250. The average Bonchev–Trinajstić information content (AvgIpc) is 2.19. The lowest BCUT2D eigenvalue weighted by Gasteiger charge is -2.01. The largest absolute Gasteiger partial charge is 0.349 e. The molecule has 0 radical (unpaired) electrons. The van der Waals surface area contributed by atoms with Crippen LogP contribution < -0.4 is 0 Å². The topological polar surface area (TPSA) is 4.93 Å². The molecular weight excluding hydrogens is 141 g/mol. The van der Waals surface area contributed by atoms with E-state index in [9.17, 15) is 4.39 Å². The lowest BCUT2D eigenvalue weighted by molar-refractivity contribution is 0.443. The van der Waals surface area contributed by atoms with Gasteiger partial charge in [-0.25, -0.2) is 4.39 Å². The molecule has 0 saturated carbocycles. The number of aromatic nitrogens is 1. The molecule has 0 atom stereocenters. The van der Waals surface area contributed by atoms with Crippen LogP contribution in [-0.2, 0) is 6.54 Å². The Hall–Kier alpha value is -0.790. The van der Waals surface area contributed by atoms with E-state index in [1.54, 1.807) is 0 Å². The van der Waals surface area contributed by atoms with Crippen molar-refractivity contribution in [1.29, 1.82) is 0 Å². The molecule has 0 aliphatic carbocycles. The first-order valence-electron chi connectivity index (χ1n) is 3.85. The summed E-state index contributed by atoms with van der Waals surface area (Å²) in [6, 6.07) is 0. The number of hydrogen-bond acceptors (Lipinski definition) is 0. The third-order valence-electron chi connectivity index (χ3n) is 2.24.